The second-order valence-electron chi connectivity index (χ2n) is 4.97. The van der Waals surface area contributed by atoms with Gasteiger partial charge in [0, 0.05) is 25.4 Å². The van der Waals surface area contributed by atoms with Gasteiger partial charge in [-0.15, -0.1) is 0 Å². The summed E-state index contributed by atoms with van der Waals surface area (Å²) in [6.07, 6.45) is 0. The first-order valence-corrected chi connectivity index (χ1v) is 8.31. The maximum Gasteiger partial charge on any atom is 0.308 e. The summed E-state index contributed by atoms with van der Waals surface area (Å²) in [7, 11) is 0. The van der Waals surface area contributed by atoms with Gasteiger partial charge in [-0.2, -0.15) is 11.8 Å². The van der Waals surface area contributed by atoms with Crippen LogP contribution in [0.3, 0.4) is 0 Å². The molecule has 0 spiro atoms. The lowest BCUT2D eigenvalue weighted by atomic mass is 10.2. The predicted octanol–water partition coefficient (Wildman–Crippen LogP) is 3.97. The van der Waals surface area contributed by atoms with Gasteiger partial charge in [0.1, 0.15) is 11.5 Å². The van der Waals surface area contributed by atoms with Crippen LogP contribution in [0.25, 0.3) is 0 Å². The number of rotatable bonds is 6. The van der Waals surface area contributed by atoms with Crippen molar-refractivity contribution in [3.63, 3.8) is 0 Å². The normalized spacial score (nSPS) is 10.2. The van der Waals surface area contributed by atoms with Crippen molar-refractivity contribution in [2.45, 2.75) is 25.4 Å². The molecule has 2 rings (SSSR count). The van der Waals surface area contributed by atoms with Gasteiger partial charge in [0.05, 0.1) is 0 Å². The standard InChI is InChI=1S/C18H18O4S/c1-13(19)21-17-7-3-15(4-8-17)11-23-12-16-5-9-18(10-6-16)22-14(2)20/h3-10H,11-12H2,1-2H3. The highest BCUT2D eigenvalue weighted by Crippen LogP contribution is 2.21. The molecule has 2 aromatic carbocycles. The van der Waals surface area contributed by atoms with Crippen molar-refractivity contribution in [1.29, 1.82) is 0 Å². The van der Waals surface area contributed by atoms with E-state index in [1.165, 1.54) is 25.0 Å². The molecule has 5 heteroatoms. The number of carbonyl (C=O) groups excluding carboxylic acids is 2. The van der Waals surface area contributed by atoms with E-state index < -0.39 is 0 Å². The van der Waals surface area contributed by atoms with Gasteiger partial charge in [-0.25, -0.2) is 0 Å². The van der Waals surface area contributed by atoms with Gasteiger partial charge >= 0.3 is 11.9 Å². The molecule has 0 saturated heterocycles. The maximum absolute atomic E-state index is 10.9. The van der Waals surface area contributed by atoms with Crippen LogP contribution in [0.4, 0.5) is 0 Å². The lowest BCUT2D eigenvalue weighted by molar-refractivity contribution is -0.132. The fourth-order valence-corrected chi connectivity index (χ4v) is 2.88. The van der Waals surface area contributed by atoms with Crippen molar-refractivity contribution in [3.05, 3.63) is 59.7 Å². The molecule has 0 amide bonds. The molecule has 0 radical (unpaired) electrons. The van der Waals surface area contributed by atoms with Crippen LogP contribution in [-0.4, -0.2) is 11.9 Å². The minimum Gasteiger partial charge on any atom is -0.427 e. The minimum absolute atomic E-state index is 0.315. The summed E-state index contributed by atoms with van der Waals surface area (Å²) in [6, 6.07) is 15.0. The molecule has 0 aliphatic carbocycles. The largest absolute Gasteiger partial charge is 0.427 e. The second-order valence-corrected chi connectivity index (χ2v) is 5.95. The molecular weight excluding hydrogens is 312 g/mol. The van der Waals surface area contributed by atoms with E-state index in [1.54, 1.807) is 36.0 Å². The van der Waals surface area contributed by atoms with E-state index in [-0.39, 0.29) is 11.9 Å². The minimum atomic E-state index is -0.315. The van der Waals surface area contributed by atoms with Crippen LogP contribution < -0.4 is 9.47 Å². The van der Waals surface area contributed by atoms with Gasteiger partial charge in [0.2, 0.25) is 0 Å². The van der Waals surface area contributed by atoms with Gasteiger partial charge < -0.3 is 9.47 Å². The summed E-state index contributed by atoms with van der Waals surface area (Å²) < 4.78 is 10.0. The van der Waals surface area contributed by atoms with Gasteiger partial charge in [-0.3, -0.25) is 9.59 Å². The van der Waals surface area contributed by atoms with Crippen molar-refractivity contribution in [2.24, 2.45) is 0 Å². The Hall–Kier alpha value is -2.27. The van der Waals surface area contributed by atoms with E-state index >= 15 is 0 Å². The van der Waals surface area contributed by atoms with Crippen molar-refractivity contribution in [1.82, 2.24) is 0 Å². The molecule has 0 unspecified atom stereocenters. The van der Waals surface area contributed by atoms with E-state index in [0.717, 1.165) is 11.5 Å². The van der Waals surface area contributed by atoms with E-state index in [4.69, 9.17) is 9.47 Å². The fourth-order valence-electron chi connectivity index (χ4n) is 1.93. The molecule has 120 valence electrons. The quantitative estimate of drug-likeness (QED) is 0.592. The highest BCUT2D eigenvalue weighted by atomic mass is 32.2. The summed E-state index contributed by atoms with van der Waals surface area (Å²) >= 11 is 1.78. The Bertz CT molecular complexity index is 603. The molecule has 0 heterocycles. The Morgan fingerprint density at radius 3 is 1.39 bits per heavy atom. The van der Waals surface area contributed by atoms with Crippen LogP contribution in [0, 0.1) is 0 Å². The van der Waals surface area contributed by atoms with Crippen molar-refractivity contribution in [3.8, 4) is 11.5 Å². The number of esters is 2. The molecule has 0 atom stereocenters. The number of benzene rings is 2. The van der Waals surface area contributed by atoms with Crippen molar-refractivity contribution in [2.75, 3.05) is 0 Å². The first kappa shape index (κ1) is 17.1. The molecule has 0 saturated carbocycles. The number of hydrogen-bond donors (Lipinski definition) is 0. The SMILES string of the molecule is CC(=O)Oc1ccc(CSCc2ccc(OC(C)=O)cc2)cc1. The smallest absolute Gasteiger partial charge is 0.308 e. The zero-order valence-electron chi connectivity index (χ0n) is 13.1. The van der Waals surface area contributed by atoms with Crippen LogP contribution in [0.1, 0.15) is 25.0 Å². The first-order chi connectivity index (χ1) is 11.0. The molecule has 0 N–H and O–H groups in total. The number of carbonyl (C=O) groups is 2. The van der Waals surface area contributed by atoms with Gasteiger partial charge in [0.15, 0.2) is 0 Å². The molecule has 0 aromatic heterocycles. The lowest BCUT2D eigenvalue weighted by Crippen LogP contribution is -2.01. The average Bonchev–Trinajstić information content (AvgIpc) is 2.50. The Balaban J connectivity index is 1.80. The molecule has 0 bridgehead atoms. The van der Waals surface area contributed by atoms with Crippen LogP contribution in [0.5, 0.6) is 11.5 Å². The van der Waals surface area contributed by atoms with E-state index in [1.807, 2.05) is 24.3 Å². The third-order valence-electron chi connectivity index (χ3n) is 2.91. The molecule has 4 nitrogen and oxygen atoms in total. The predicted molar refractivity (Wildman–Crippen MR) is 90.5 cm³/mol. The third-order valence-corrected chi connectivity index (χ3v) is 3.98. The Labute approximate surface area is 139 Å². The lowest BCUT2D eigenvalue weighted by Gasteiger charge is -2.06. The van der Waals surface area contributed by atoms with Crippen molar-refractivity contribution < 1.29 is 19.1 Å². The zero-order valence-corrected chi connectivity index (χ0v) is 13.9. The zero-order chi connectivity index (χ0) is 16.7. The van der Waals surface area contributed by atoms with E-state index in [9.17, 15) is 9.59 Å². The molecule has 0 aliphatic heterocycles. The average molecular weight is 330 g/mol. The summed E-state index contributed by atoms with van der Waals surface area (Å²) in [6.45, 7) is 2.77. The molecule has 23 heavy (non-hydrogen) atoms. The number of thioether (sulfide) groups is 1. The van der Waals surface area contributed by atoms with Gasteiger partial charge in [-0.05, 0) is 35.4 Å². The highest BCUT2D eigenvalue weighted by molar-refractivity contribution is 7.97. The Morgan fingerprint density at radius 1 is 0.739 bits per heavy atom. The van der Waals surface area contributed by atoms with Gasteiger partial charge in [0.25, 0.3) is 0 Å². The summed E-state index contributed by atoms with van der Waals surface area (Å²) in [5, 5.41) is 0. The summed E-state index contributed by atoms with van der Waals surface area (Å²) in [4.78, 5) is 21.7. The molecule has 0 aliphatic rings. The van der Waals surface area contributed by atoms with Gasteiger partial charge in [-0.1, -0.05) is 24.3 Å². The van der Waals surface area contributed by atoms with Crippen LogP contribution in [-0.2, 0) is 21.1 Å². The topological polar surface area (TPSA) is 52.6 Å². The summed E-state index contributed by atoms with van der Waals surface area (Å²) in [5.74, 6) is 2.23. The van der Waals surface area contributed by atoms with Crippen LogP contribution >= 0.6 is 11.8 Å². The molecular formula is C18H18O4S. The van der Waals surface area contributed by atoms with E-state index in [0.29, 0.717) is 11.5 Å². The summed E-state index contributed by atoms with van der Waals surface area (Å²) in [5.41, 5.74) is 2.34. The third kappa shape index (κ3) is 6.16. The van der Waals surface area contributed by atoms with E-state index in [2.05, 4.69) is 0 Å². The number of ether oxygens (including phenoxy) is 2. The monoisotopic (exact) mass is 330 g/mol. The molecule has 2 aromatic rings. The van der Waals surface area contributed by atoms with Crippen LogP contribution in [0.15, 0.2) is 48.5 Å². The highest BCUT2D eigenvalue weighted by Gasteiger charge is 2.01. The fraction of sp³-hybridized carbons (Fsp3) is 0.222. The maximum atomic E-state index is 10.9. The molecule has 0 fully saturated rings. The first-order valence-electron chi connectivity index (χ1n) is 7.15. The Morgan fingerprint density at radius 2 is 1.09 bits per heavy atom. The van der Waals surface area contributed by atoms with Crippen LogP contribution in [0.2, 0.25) is 0 Å². The van der Waals surface area contributed by atoms with Crippen molar-refractivity contribution >= 4 is 23.7 Å². The Kier molecular flexibility index (Phi) is 6.23. The number of hydrogen-bond acceptors (Lipinski definition) is 5. The second kappa shape index (κ2) is 8.39.